The van der Waals surface area contributed by atoms with Gasteiger partial charge in [0.2, 0.25) is 5.91 Å². The van der Waals surface area contributed by atoms with Gasteiger partial charge in [-0.3, -0.25) is 14.4 Å². The summed E-state index contributed by atoms with van der Waals surface area (Å²) in [5.41, 5.74) is 0. The molecule has 0 aromatic heterocycles. The number of likely N-dealkylation sites (tertiary alicyclic amines) is 1. The summed E-state index contributed by atoms with van der Waals surface area (Å²) in [7, 11) is 2.78. The van der Waals surface area contributed by atoms with Gasteiger partial charge in [-0.2, -0.15) is 0 Å². The van der Waals surface area contributed by atoms with Gasteiger partial charge in [-0.15, -0.1) is 0 Å². The first-order valence-electron chi connectivity index (χ1n) is 16.0. The number of allylic oxidation sites excluding steroid dienone is 1. The third-order valence-corrected chi connectivity index (χ3v) is 7.74. The zero-order valence-electron chi connectivity index (χ0n) is 26.6. The molecule has 0 bridgehead atoms. The van der Waals surface area contributed by atoms with Crippen molar-refractivity contribution in [2.24, 2.45) is 5.92 Å². The van der Waals surface area contributed by atoms with Gasteiger partial charge in [0.05, 0.1) is 6.54 Å². The van der Waals surface area contributed by atoms with Crippen LogP contribution in [0.4, 0.5) is 0 Å². The molecule has 0 aromatic carbocycles. The minimum Gasteiger partial charge on any atom is -0.460 e. The van der Waals surface area contributed by atoms with Gasteiger partial charge in [0.1, 0.15) is 30.5 Å². The van der Waals surface area contributed by atoms with Crippen LogP contribution in [0.3, 0.4) is 0 Å². The third-order valence-electron chi connectivity index (χ3n) is 7.74. The van der Waals surface area contributed by atoms with Gasteiger partial charge in [0.25, 0.3) is 5.91 Å². The second-order valence-corrected chi connectivity index (χ2v) is 12.0. The van der Waals surface area contributed by atoms with E-state index in [9.17, 15) is 29.7 Å². The smallest absolute Gasteiger partial charge is 0.306 e. The molecule has 1 fully saturated rings. The number of nitrogens with zero attached hydrogens (tertiary/aromatic N) is 1. The van der Waals surface area contributed by atoms with E-state index >= 15 is 0 Å². The summed E-state index contributed by atoms with van der Waals surface area (Å²) in [5, 5.41) is 33.6. The first kappa shape index (κ1) is 38.0. The molecule has 0 aromatic rings. The van der Waals surface area contributed by atoms with Crippen LogP contribution in [0.25, 0.3) is 0 Å². The Balaban J connectivity index is 2.47. The third kappa shape index (κ3) is 14.9. The standard InChI is InChI=1S/C32H58N2O8/c1-6-7-8-9-10-11-12-13-14-15-16-17-27(36)42-24-19-20-25(32(40)34(4)22-24)33-31(39)30(41-5)29(38)28(37)26(35)21-18-23(2)3/h18,21,23-26,28-30,35,37-38H,6-17,19-20,22H2,1-5H3,(H,33,39)/b21-18+/t24-,25-,26-,28+,29+,30+/m0/s1. The molecular weight excluding hydrogens is 540 g/mol. The van der Waals surface area contributed by atoms with E-state index in [0.717, 1.165) is 19.3 Å². The van der Waals surface area contributed by atoms with E-state index in [1.165, 1.54) is 69.5 Å². The maximum Gasteiger partial charge on any atom is 0.306 e. The monoisotopic (exact) mass is 598 g/mol. The normalized spacial score (nSPS) is 20.8. The number of nitrogens with one attached hydrogen (secondary N) is 1. The summed E-state index contributed by atoms with van der Waals surface area (Å²) < 4.78 is 10.8. The molecule has 1 saturated heterocycles. The lowest BCUT2D eigenvalue weighted by Gasteiger charge is -2.28. The van der Waals surface area contributed by atoms with Gasteiger partial charge in [0.15, 0.2) is 6.10 Å². The number of hydrogen-bond acceptors (Lipinski definition) is 8. The number of carbonyl (C=O) groups is 3. The first-order valence-corrected chi connectivity index (χ1v) is 16.0. The first-order chi connectivity index (χ1) is 20.0. The zero-order chi connectivity index (χ0) is 31.5. The largest absolute Gasteiger partial charge is 0.460 e. The van der Waals surface area contributed by atoms with Crippen LogP contribution in [0, 0.1) is 5.92 Å². The van der Waals surface area contributed by atoms with E-state index in [-0.39, 0.29) is 30.8 Å². The predicted molar refractivity (Wildman–Crippen MR) is 163 cm³/mol. The molecule has 0 unspecified atom stereocenters. The quantitative estimate of drug-likeness (QED) is 0.0890. The van der Waals surface area contributed by atoms with Gasteiger partial charge in [-0.25, -0.2) is 0 Å². The van der Waals surface area contributed by atoms with Crippen LogP contribution in [0.1, 0.15) is 111 Å². The average Bonchev–Trinajstić information content (AvgIpc) is 3.07. The van der Waals surface area contributed by atoms with Crippen molar-refractivity contribution in [3.63, 3.8) is 0 Å². The molecule has 10 nitrogen and oxygen atoms in total. The lowest BCUT2D eigenvalue weighted by molar-refractivity contribution is -0.151. The summed E-state index contributed by atoms with van der Waals surface area (Å²) >= 11 is 0. The fourth-order valence-corrected chi connectivity index (χ4v) is 5.12. The van der Waals surface area contributed by atoms with Crippen LogP contribution in [0.2, 0.25) is 0 Å². The van der Waals surface area contributed by atoms with Crippen molar-refractivity contribution in [1.82, 2.24) is 10.2 Å². The lowest BCUT2D eigenvalue weighted by Crippen LogP contribution is -2.55. The number of hydrogen-bond donors (Lipinski definition) is 4. The Labute approximate surface area is 253 Å². The maximum absolute atomic E-state index is 12.9. The molecule has 244 valence electrons. The van der Waals surface area contributed by atoms with Crippen LogP contribution in [0.15, 0.2) is 12.2 Å². The van der Waals surface area contributed by atoms with E-state index in [1.54, 1.807) is 13.1 Å². The Hall–Kier alpha value is -2.01. The molecule has 1 aliphatic heterocycles. The van der Waals surface area contributed by atoms with Gasteiger partial charge in [0, 0.05) is 20.6 Å². The number of unbranched alkanes of at least 4 members (excludes halogenated alkanes) is 10. The van der Waals surface area contributed by atoms with Gasteiger partial charge < -0.3 is 35.0 Å². The molecule has 1 heterocycles. The fraction of sp³-hybridized carbons (Fsp3) is 0.844. The molecule has 0 spiro atoms. The minimum absolute atomic E-state index is 0.122. The average molecular weight is 599 g/mol. The number of ether oxygens (including phenoxy) is 2. The lowest BCUT2D eigenvalue weighted by atomic mass is 10.00. The number of rotatable bonds is 21. The number of methoxy groups -OCH3 is 1. The highest BCUT2D eigenvalue weighted by molar-refractivity contribution is 5.89. The molecule has 4 N–H and O–H groups in total. The number of amides is 2. The molecule has 0 aliphatic carbocycles. The topological polar surface area (TPSA) is 146 Å². The molecule has 6 atom stereocenters. The second-order valence-electron chi connectivity index (χ2n) is 12.0. The number of esters is 1. The number of carbonyl (C=O) groups excluding carboxylic acids is 3. The van der Waals surface area contributed by atoms with Crippen molar-refractivity contribution in [3.05, 3.63) is 12.2 Å². The number of aliphatic hydroxyl groups is 3. The van der Waals surface area contributed by atoms with Gasteiger partial charge in [-0.05, 0) is 25.2 Å². The van der Waals surface area contributed by atoms with Crippen molar-refractivity contribution in [3.8, 4) is 0 Å². The Morgan fingerprint density at radius 3 is 2.05 bits per heavy atom. The second kappa shape index (κ2) is 21.6. The summed E-state index contributed by atoms with van der Waals surface area (Å²) in [6, 6.07) is -0.911. The zero-order valence-corrected chi connectivity index (χ0v) is 26.6. The van der Waals surface area contributed by atoms with Crippen molar-refractivity contribution < 1.29 is 39.2 Å². The highest BCUT2D eigenvalue weighted by atomic mass is 16.5. The SMILES string of the molecule is CCCCCCCCCCCCCC(=O)O[C@H]1CC[C@H](NC(=O)[C@H](OC)[C@H](O)[C@H](O)[C@@H](O)/C=C/C(C)C)C(=O)N(C)C1. The molecule has 1 rings (SSSR count). The Kier molecular flexibility index (Phi) is 19.6. The molecule has 0 radical (unpaired) electrons. The molecule has 1 aliphatic rings. The van der Waals surface area contributed by atoms with Crippen LogP contribution in [-0.4, -0.2) is 95.3 Å². The number of likely N-dealkylation sites (N-methyl/N-ethyl adjacent to an activating group) is 1. The van der Waals surface area contributed by atoms with Crippen LogP contribution in [0.5, 0.6) is 0 Å². The number of aliphatic hydroxyl groups excluding tert-OH is 3. The Bertz CT molecular complexity index is 805. The minimum atomic E-state index is -1.73. The van der Waals surface area contributed by atoms with Crippen LogP contribution in [-0.2, 0) is 23.9 Å². The molecule has 10 heteroatoms. The van der Waals surface area contributed by atoms with Crippen LogP contribution < -0.4 is 5.32 Å². The summed E-state index contributed by atoms with van der Waals surface area (Å²) in [4.78, 5) is 39.7. The Morgan fingerprint density at radius 2 is 1.50 bits per heavy atom. The van der Waals surface area contributed by atoms with E-state index in [1.807, 2.05) is 13.8 Å². The Morgan fingerprint density at radius 1 is 0.929 bits per heavy atom. The van der Waals surface area contributed by atoms with Crippen molar-refractivity contribution in [2.45, 2.75) is 147 Å². The van der Waals surface area contributed by atoms with E-state index in [4.69, 9.17) is 9.47 Å². The van der Waals surface area contributed by atoms with E-state index in [2.05, 4.69) is 12.2 Å². The van der Waals surface area contributed by atoms with Crippen molar-refractivity contribution >= 4 is 17.8 Å². The molecule has 0 saturated carbocycles. The van der Waals surface area contributed by atoms with Crippen LogP contribution >= 0.6 is 0 Å². The van der Waals surface area contributed by atoms with E-state index in [0.29, 0.717) is 12.8 Å². The fourth-order valence-electron chi connectivity index (χ4n) is 5.12. The molecule has 42 heavy (non-hydrogen) atoms. The predicted octanol–water partition coefficient (Wildman–Crippen LogP) is 3.65. The van der Waals surface area contributed by atoms with E-state index < -0.39 is 42.5 Å². The molecule has 2 amide bonds. The summed E-state index contributed by atoms with van der Waals surface area (Å²) in [6.07, 6.45) is 10.4. The van der Waals surface area contributed by atoms with Gasteiger partial charge >= 0.3 is 5.97 Å². The van der Waals surface area contributed by atoms with Gasteiger partial charge in [-0.1, -0.05) is 97.1 Å². The summed E-state index contributed by atoms with van der Waals surface area (Å²) in [5.74, 6) is -1.29. The molecular formula is C32H58N2O8. The maximum atomic E-state index is 12.9. The highest BCUT2D eigenvalue weighted by Gasteiger charge is 2.38. The highest BCUT2D eigenvalue weighted by Crippen LogP contribution is 2.18. The van der Waals surface area contributed by atoms with Crippen molar-refractivity contribution in [2.75, 3.05) is 20.7 Å². The van der Waals surface area contributed by atoms with Crippen molar-refractivity contribution in [1.29, 1.82) is 0 Å². The summed E-state index contributed by atoms with van der Waals surface area (Å²) in [6.45, 7) is 6.23.